The molecule has 0 heterocycles. The van der Waals surface area contributed by atoms with Gasteiger partial charge in [-0.2, -0.15) is 0 Å². The van der Waals surface area contributed by atoms with Crippen LogP contribution in [0.25, 0.3) is 0 Å². The molecule has 1 atom stereocenters. The molecule has 0 saturated heterocycles. The predicted octanol–water partition coefficient (Wildman–Crippen LogP) is 1.37. The van der Waals surface area contributed by atoms with Crippen LogP contribution in [0.5, 0.6) is 5.75 Å². The predicted molar refractivity (Wildman–Crippen MR) is 69.9 cm³/mol. The fourth-order valence-corrected chi connectivity index (χ4v) is 1.64. The summed E-state index contributed by atoms with van der Waals surface area (Å²) < 4.78 is 4.51. The zero-order valence-corrected chi connectivity index (χ0v) is 11.7. The summed E-state index contributed by atoms with van der Waals surface area (Å²) in [6, 6.07) is 4.54. The van der Waals surface area contributed by atoms with Crippen molar-refractivity contribution >= 4 is 27.8 Å². The minimum absolute atomic E-state index is 0.130. The van der Waals surface area contributed by atoms with Crippen molar-refractivity contribution in [1.82, 2.24) is 5.32 Å². The van der Waals surface area contributed by atoms with Gasteiger partial charge in [0.15, 0.2) is 0 Å². The number of alkyl halides is 1. The molecular weight excluding hydrogens is 302 g/mol. The molecular formula is C12H14BrNO4. The van der Waals surface area contributed by atoms with Gasteiger partial charge in [-0.15, -0.1) is 0 Å². The molecule has 0 fully saturated rings. The summed E-state index contributed by atoms with van der Waals surface area (Å²) in [7, 11) is 1.28. The maximum absolute atomic E-state index is 11.8. The first-order chi connectivity index (χ1) is 8.45. The summed E-state index contributed by atoms with van der Waals surface area (Å²) >= 11 is 3.10. The van der Waals surface area contributed by atoms with Crippen LogP contribution in [0.4, 0.5) is 0 Å². The van der Waals surface area contributed by atoms with Gasteiger partial charge in [0.25, 0.3) is 5.91 Å². The van der Waals surface area contributed by atoms with E-state index < -0.39 is 10.8 Å². The van der Waals surface area contributed by atoms with Crippen LogP contribution in [-0.4, -0.2) is 35.5 Å². The second kappa shape index (κ2) is 6.39. The van der Waals surface area contributed by atoms with E-state index in [0.29, 0.717) is 11.1 Å². The van der Waals surface area contributed by atoms with Crippen molar-refractivity contribution in [2.45, 2.75) is 11.8 Å². The van der Waals surface area contributed by atoms with Crippen molar-refractivity contribution in [3.8, 4) is 5.75 Å². The Kier molecular flexibility index (Phi) is 5.15. The highest BCUT2D eigenvalue weighted by Crippen LogP contribution is 2.16. The zero-order valence-electron chi connectivity index (χ0n) is 10.1. The van der Waals surface area contributed by atoms with Gasteiger partial charge in [-0.1, -0.05) is 15.9 Å². The number of phenolic OH excluding ortho intramolecular Hbond substituents is 1. The monoisotopic (exact) mass is 315 g/mol. The van der Waals surface area contributed by atoms with E-state index in [2.05, 4.69) is 26.0 Å². The van der Waals surface area contributed by atoms with Crippen LogP contribution < -0.4 is 5.32 Å². The Morgan fingerprint density at radius 1 is 1.50 bits per heavy atom. The third-order valence-corrected chi connectivity index (χ3v) is 3.06. The molecule has 0 spiro atoms. The molecule has 0 aliphatic carbocycles. The molecule has 6 heteroatoms. The number of rotatable bonds is 4. The van der Waals surface area contributed by atoms with Crippen LogP contribution in [0.3, 0.4) is 0 Å². The summed E-state index contributed by atoms with van der Waals surface area (Å²) in [5.41, 5.74) is 1.04. The number of benzene rings is 1. The van der Waals surface area contributed by atoms with E-state index in [4.69, 9.17) is 0 Å². The van der Waals surface area contributed by atoms with E-state index in [0.717, 1.165) is 0 Å². The number of carbonyl (C=O) groups is 2. The van der Waals surface area contributed by atoms with E-state index in [9.17, 15) is 14.7 Å². The Balaban J connectivity index is 2.60. The van der Waals surface area contributed by atoms with Crippen molar-refractivity contribution in [3.63, 3.8) is 0 Å². The number of hydrogen-bond donors (Lipinski definition) is 2. The molecule has 0 bridgehead atoms. The standard InChI is InChI=1S/C12H14BrNO4/c1-7-5-8(3-4-10(7)15)11(16)14-6-9(13)12(17)18-2/h3-5,9,15H,6H2,1-2H3,(H,14,16). The number of amides is 1. The molecule has 5 nitrogen and oxygen atoms in total. The van der Waals surface area contributed by atoms with Gasteiger partial charge >= 0.3 is 5.97 Å². The van der Waals surface area contributed by atoms with Crippen molar-refractivity contribution < 1.29 is 19.4 Å². The van der Waals surface area contributed by atoms with E-state index >= 15 is 0 Å². The minimum Gasteiger partial charge on any atom is -0.508 e. The molecule has 0 radical (unpaired) electrons. The minimum atomic E-state index is -0.579. The van der Waals surface area contributed by atoms with Gasteiger partial charge in [-0.3, -0.25) is 9.59 Å². The molecule has 1 amide bonds. The van der Waals surface area contributed by atoms with E-state index in [1.807, 2.05) is 0 Å². The lowest BCUT2D eigenvalue weighted by Gasteiger charge is -2.09. The molecule has 1 aromatic rings. The van der Waals surface area contributed by atoms with Gasteiger partial charge in [0.05, 0.1) is 7.11 Å². The Labute approximate surface area is 113 Å². The average molecular weight is 316 g/mol. The third kappa shape index (κ3) is 3.73. The zero-order chi connectivity index (χ0) is 13.7. The van der Waals surface area contributed by atoms with Crippen molar-refractivity contribution in [2.24, 2.45) is 0 Å². The van der Waals surface area contributed by atoms with Crippen molar-refractivity contribution in [3.05, 3.63) is 29.3 Å². The molecule has 2 N–H and O–H groups in total. The third-order valence-electron chi connectivity index (χ3n) is 2.36. The number of aromatic hydroxyl groups is 1. The largest absolute Gasteiger partial charge is 0.508 e. The fraction of sp³-hybridized carbons (Fsp3) is 0.333. The molecule has 0 aromatic heterocycles. The number of esters is 1. The molecule has 1 rings (SSSR count). The Hall–Kier alpha value is -1.56. The number of hydrogen-bond acceptors (Lipinski definition) is 4. The van der Waals surface area contributed by atoms with E-state index in [1.165, 1.54) is 19.2 Å². The smallest absolute Gasteiger partial charge is 0.321 e. The Morgan fingerprint density at radius 2 is 2.17 bits per heavy atom. The average Bonchev–Trinajstić information content (AvgIpc) is 2.37. The number of carbonyl (C=O) groups excluding carboxylic acids is 2. The molecule has 1 aromatic carbocycles. The number of aryl methyl sites for hydroxylation is 1. The fourth-order valence-electron chi connectivity index (χ4n) is 1.29. The molecule has 0 aliphatic rings. The Bertz CT molecular complexity index is 461. The van der Waals surface area contributed by atoms with Gasteiger partial charge in [0.1, 0.15) is 10.6 Å². The summed E-state index contributed by atoms with van der Waals surface area (Å²) in [5.74, 6) is -0.622. The number of methoxy groups -OCH3 is 1. The number of ether oxygens (including phenoxy) is 1. The lowest BCUT2D eigenvalue weighted by atomic mass is 10.1. The highest BCUT2D eigenvalue weighted by atomic mass is 79.9. The molecule has 0 saturated carbocycles. The first-order valence-electron chi connectivity index (χ1n) is 5.25. The van der Waals surface area contributed by atoms with Crippen LogP contribution in [-0.2, 0) is 9.53 Å². The first kappa shape index (κ1) is 14.5. The van der Waals surface area contributed by atoms with E-state index in [-0.39, 0.29) is 18.2 Å². The summed E-state index contributed by atoms with van der Waals surface area (Å²) in [6.45, 7) is 1.83. The number of phenols is 1. The van der Waals surface area contributed by atoms with Crippen LogP contribution in [0.2, 0.25) is 0 Å². The summed E-state index contributed by atoms with van der Waals surface area (Å²) in [5, 5.41) is 11.9. The first-order valence-corrected chi connectivity index (χ1v) is 6.17. The highest BCUT2D eigenvalue weighted by molar-refractivity contribution is 9.10. The Morgan fingerprint density at radius 3 is 2.72 bits per heavy atom. The number of nitrogens with one attached hydrogen (secondary N) is 1. The van der Waals surface area contributed by atoms with E-state index in [1.54, 1.807) is 13.0 Å². The van der Waals surface area contributed by atoms with Crippen molar-refractivity contribution in [2.75, 3.05) is 13.7 Å². The molecule has 0 aliphatic heterocycles. The summed E-state index contributed by atoms with van der Waals surface area (Å²) in [6.07, 6.45) is 0. The maximum atomic E-state index is 11.8. The van der Waals surface area contributed by atoms with Crippen LogP contribution in [0.1, 0.15) is 15.9 Å². The second-order valence-corrected chi connectivity index (χ2v) is 4.81. The SMILES string of the molecule is COC(=O)C(Br)CNC(=O)c1ccc(O)c(C)c1. The lowest BCUT2D eigenvalue weighted by Crippen LogP contribution is -2.33. The topological polar surface area (TPSA) is 75.6 Å². The van der Waals surface area contributed by atoms with Gasteiger partial charge in [0, 0.05) is 12.1 Å². The maximum Gasteiger partial charge on any atom is 0.321 e. The van der Waals surface area contributed by atoms with Gasteiger partial charge < -0.3 is 15.2 Å². The normalized spacial score (nSPS) is 11.7. The highest BCUT2D eigenvalue weighted by Gasteiger charge is 2.16. The van der Waals surface area contributed by atoms with Crippen LogP contribution >= 0.6 is 15.9 Å². The van der Waals surface area contributed by atoms with Gasteiger partial charge in [0.2, 0.25) is 0 Å². The van der Waals surface area contributed by atoms with Crippen LogP contribution in [0, 0.1) is 6.92 Å². The molecule has 1 unspecified atom stereocenters. The van der Waals surface area contributed by atoms with Gasteiger partial charge in [-0.05, 0) is 30.7 Å². The van der Waals surface area contributed by atoms with Crippen molar-refractivity contribution in [1.29, 1.82) is 0 Å². The lowest BCUT2D eigenvalue weighted by molar-refractivity contribution is -0.139. The summed E-state index contributed by atoms with van der Waals surface area (Å²) in [4.78, 5) is 22.3. The molecule has 18 heavy (non-hydrogen) atoms. The second-order valence-electron chi connectivity index (χ2n) is 3.70. The quantitative estimate of drug-likeness (QED) is 0.650. The van der Waals surface area contributed by atoms with Gasteiger partial charge in [-0.25, -0.2) is 0 Å². The molecule has 98 valence electrons. The van der Waals surface area contributed by atoms with Crippen LogP contribution in [0.15, 0.2) is 18.2 Å². The number of halogens is 1.